The van der Waals surface area contributed by atoms with Gasteiger partial charge >= 0.3 is 0 Å². The fourth-order valence-electron chi connectivity index (χ4n) is 3.56. The maximum Gasteiger partial charge on any atom is 0.266 e. The molecule has 0 spiro atoms. The molecule has 1 N–H and O–H groups in total. The van der Waals surface area contributed by atoms with Crippen molar-refractivity contribution >= 4 is 33.6 Å². The van der Waals surface area contributed by atoms with Crippen LogP contribution < -0.4 is 14.8 Å². The zero-order valence-electron chi connectivity index (χ0n) is 19.0. The molecular formula is C27H25BrN2O3. The van der Waals surface area contributed by atoms with Crippen LogP contribution in [0.15, 0.2) is 64.6 Å². The molecule has 0 fully saturated rings. The zero-order chi connectivity index (χ0) is 24.0. The highest BCUT2D eigenvalue weighted by molar-refractivity contribution is 9.10. The summed E-state index contributed by atoms with van der Waals surface area (Å²) < 4.78 is 12.5. The van der Waals surface area contributed by atoms with Crippen LogP contribution in [-0.4, -0.2) is 13.0 Å². The van der Waals surface area contributed by atoms with Crippen molar-refractivity contribution in [2.24, 2.45) is 0 Å². The Morgan fingerprint density at radius 3 is 2.36 bits per heavy atom. The summed E-state index contributed by atoms with van der Waals surface area (Å²) in [5, 5.41) is 12.6. The van der Waals surface area contributed by atoms with E-state index in [0.717, 1.165) is 26.7 Å². The molecule has 0 bridgehead atoms. The first kappa shape index (κ1) is 24.1. The molecule has 0 saturated heterocycles. The minimum absolute atomic E-state index is 0.0314. The second-order valence-corrected chi connectivity index (χ2v) is 8.61. The largest absolute Gasteiger partial charge is 0.493 e. The molecule has 3 rings (SSSR count). The number of anilines is 1. The molecule has 0 saturated carbocycles. The fraction of sp³-hybridized carbons (Fsp3) is 0.185. The first-order chi connectivity index (χ1) is 15.8. The lowest BCUT2D eigenvalue weighted by molar-refractivity contribution is -0.112. The molecule has 0 unspecified atom stereocenters. The molecule has 0 atom stereocenters. The van der Waals surface area contributed by atoms with Crippen LogP contribution in [0.5, 0.6) is 11.5 Å². The Bertz CT molecular complexity index is 1220. The van der Waals surface area contributed by atoms with Crippen molar-refractivity contribution in [3.63, 3.8) is 0 Å². The smallest absolute Gasteiger partial charge is 0.266 e. The predicted molar refractivity (Wildman–Crippen MR) is 134 cm³/mol. The molecular weight excluding hydrogens is 480 g/mol. The van der Waals surface area contributed by atoms with Crippen LogP contribution in [0.25, 0.3) is 6.08 Å². The summed E-state index contributed by atoms with van der Waals surface area (Å²) in [5.41, 5.74) is 5.23. The summed E-state index contributed by atoms with van der Waals surface area (Å²) in [6.45, 7) is 6.18. The number of amides is 1. The van der Waals surface area contributed by atoms with Gasteiger partial charge in [0.05, 0.1) is 7.11 Å². The van der Waals surface area contributed by atoms with E-state index in [1.54, 1.807) is 25.3 Å². The average Bonchev–Trinajstić information content (AvgIpc) is 2.79. The highest BCUT2D eigenvalue weighted by Crippen LogP contribution is 2.33. The summed E-state index contributed by atoms with van der Waals surface area (Å²) in [6.07, 6.45) is 1.52. The van der Waals surface area contributed by atoms with Crippen molar-refractivity contribution in [3.05, 3.63) is 92.5 Å². The van der Waals surface area contributed by atoms with Crippen LogP contribution >= 0.6 is 15.9 Å². The van der Waals surface area contributed by atoms with Gasteiger partial charge in [-0.3, -0.25) is 4.79 Å². The van der Waals surface area contributed by atoms with Gasteiger partial charge in [-0.05, 0) is 61.7 Å². The summed E-state index contributed by atoms with van der Waals surface area (Å²) in [6, 6.07) is 19.1. The van der Waals surface area contributed by atoms with Gasteiger partial charge in [-0.2, -0.15) is 5.26 Å². The maximum absolute atomic E-state index is 12.9. The molecule has 0 aliphatic carbocycles. The second-order valence-electron chi connectivity index (χ2n) is 7.69. The van der Waals surface area contributed by atoms with Crippen LogP contribution in [0.2, 0.25) is 0 Å². The molecule has 6 heteroatoms. The highest BCUT2D eigenvalue weighted by Gasteiger charge is 2.16. The van der Waals surface area contributed by atoms with Crippen LogP contribution in [0.1, 0.15) is 27.8 Å². The minimum atomic E-state index is -0.478. The third kappa shape index (κ3) is 6.03. The number of para-hydroxylation sites is 1. The monoisotopic (exact) mass is 504 g/mol. The van der Waals surface area contributed by atoms with Crippen molar-refractivity contribution < 1.29 is 14.3 Å². The summed E-state index contributed by atoms with van der Waals surface area (Å²) in [7, 11) is 1.55. The van der Waals surface area contributed by atoms with Gasteiger partial charge in [-0.25, -0.2) is 0 Å². The number of nitrogens with one attached hydrogen (secondary N) is 1. The van der Waals surface area contributed by atoms with Crippen molar-refractivity contribution in [1.29, 1.82) is 5.26 Å². The summed E-state index contributed by atoms with van der Waals surface area (Å²) in [5.74, 6) is 0.504. The van der Waals surface area contributed by atoms with Gasteiger partial charge in [-0.1, -0.05) is 57.9 Å². The summed E-state index contributed by atoms with van der Waals surface area (Å²) in [4.78, 5) is 12.9. The predicted octanol–water partition coefficient (Wildman–Crippen LogP) is 6.51. The van der Waals surface area contributed by atoms with E-state index in [2.05, 4.69) is 21.2 Å². The molecule has 33 heavy (non-hydrogen) atoms. The number of carbonyl (C=O) groups is 1. The van der Waals surface area contributed by atoms with Gasteiger partial charge in [0, 0.05) is 15.7 Å². The van der Waals surface area contributed by atoms with E-state index in [-0.39, 0.29) is 5.57 Å². The van der Waals surface area contributed by atoms with Crippen LogP contribution in [-0.2, 0) is 11.4 Å². The van der Waals surface area contributed by atoms with Gasteiger partial charge in [0.15, 0.2) is 11.5 Å². The topological polar surface area (TPSA) is 71.3 Å². The van der Waals surface area contributed by atoms with Gasteiger partial charge < -0.3 is 14.8 Å². The lowest BCUT2D eigenvalue weighted by Crippen LogP contribution is -2.15. The number of hydrogen-bond donors (Lipinski definition) is 1. The number of hydrogen-bond acceptors (Lipinski definition) is 4. The van der Waals surface area contributed by atoms with Crippen LogP contribution in [0.3, 0.4) is 0 Å². The number of nitrogens with zero attached hydrogens (tertiary/aromatic N) is 1. The van der Waals surface area contributed by atoms with Gasteiger partial charge in [0.1, 0.15) is 18.2 Å². The molecule has 0 aliphatic rings. The number of methoxy groups -OCH3 is 1. The first-order valence-corrected chi connectivity index (χ1v) is 11.2. The van der Waals surface area contributed by atoms with E-state index < -0.39 is 5.91 Å². The molecule has 3 aromatic carbocycles. The van der Waals surface area contributed by atoms with Crippen molar-refractivity contribution in [2.75, 3.05) is 12.4 Å². The standard InChI is InChI=1S/C27H25BrN2O3/c1-17-12-18(2)25(19(3)13-17)30-27(31)22(15-29)14-21-6-5-7-24(32-4)26(21)33-16-20-8-10-23(28)11-9-20/h5-14H,16H2,1-4H3,(H,30,31). The van der Waals surface area contributed by atoms with E-state index in [1.807, 2.05) is 63.2 Å². The van der Waals surface area contributed by atoms with Crippen molar-refractivity contribution in [2.45, 2.75) is 27.4 Å². The van der Waals surface area contributed by atoms with Crippen LogP contribution in [0.4, 0.5) is 5.69 Å². The molecule has 0 radical (unpaired) electrons. The molecule has 1 amide bonds. The van der Waals surface area contributed by atoms with E-state index >= 15 is 0 Å². The molecule has 168 valence electrons. The lowest BCUT2D eigenvalue weighted by atomic mass is 10.0. The number of aryl methyl sites for hydroxylation is 3. The number of rotatable bonds is 7. The second kappa shape index (κ2) is 10.8. The van der Waals surface area contributed by atoms with Gasteiger partial charge in [0.25, 0.3) is 5.91 Å². The van der Waals surface area contributed by atoms with Gasteiger partial charge in [0.2, 0.25) is 0 Å². The first-order valence-electron chi connectivity index (χ1n) is 10.4. The number of ether oxygens (including phenoxy) is 2. The Kier molecular flexibility index (Phi) is 7.92. The molecule has 0 aromatic heterocycles. The third-order valence-corrected chi connectivity index (χ3v) is 5.63. The minimum Gasteiger partial charge on any atom is -0.493 e. The molecule has 0 aliphatic heterocycles. The van der Waals surface area contributed by atoms with E-state index in [4.69, 9.17) is 9.47 Å². The number of halogens is 1. The highest BCUT2D eigenvalue weighted by atomic mass is 79.9. The van der Waals surface area contributed by atoms with E-state index in [9.17, 15) is 10.1 Å². The Morgan fingerprint density at radius 2 is 1.76 bits per heavy atom. The Labute approximate surface area is 202 Å². The third-order valence-electron chi connectivity index (χ3n) is 5.11. The van der Waals surface area contributed by atoms with Crippen molar-refractivity contribution in [3.8, 4) is 17.6 Å². The van der Waals surface area contributed by atoms with E-state index in [0.29, 0.717) is 29.4 Å². The van der Waals surface area contributed by atoms with E-state index in [1.165, 1.54) is 6.08 Å². The molecule has 5 nitrogen and oxygen atoms in total. The quantitative estimate of drug-likeness (QED) is 0.294. The SMILES string of the molecule is COc1cccc(C=C(C#N)C(=O)Nc2c(C)cc(C)cc2C)c1OCc1ccc(Br)cc1. The van der Waals surface area contributed by atoms with Gasteiger partial charge in [-0.15, -0.1) is 0 Å². The number of carbonyl (C=O) groups excluding carboxylic acids is 1. The average molecular weight is 505 g/mol. The lowest BCUT2D eigenvalue weighted by Gasteiger charge is -2.15. The number of nitriles is 1. The Morgan fingerprint density at radius 1 is 1.09 bits per heavy atom. The molecule has 3 aromatic rings. The maximum atomic E-state index is 12.9. The van der Waals surface area contributed by atoms with Crippen molar-refractivity contribution in [1.82, 2.24) is 0 Å². The van der Waals surface area contributed by atoms with Crippen LogP contribution in [0, 0.1) is 32.1 Å². The zero-order valence-corrected chi connectivity index (χ0v) is 20.6. The number of benzene rings is 3. The molecule has 0 heterocycles. The summed E-state index contributed by atoms with van der Waals surface area (Å²) >= 11 is 3.42. The normalized spacial score (nSPS) is 11.0. The Hall–Kier alpha value is -3.56. The fourth-order valence-corrected chi connectivity index (χ4v) is 3.82. The Balaban J connectivity index is 1.90.